The fourth-order valence-corrected chi connectivity index (χ4v) is 3.42. The van der Waals surface area contributed by atoms with E-state index < -0.39 is 0 Å². The maximum absolute atomic E-state index is 12.4. The average Bonchev–Trinajstić information content (AvgIpc) is 3.28. The Bertz CT molecular complexity index is 1500. The van der Waals surface area contributed by atoms with Crippen molar-refractivity contribution in [1.82, 2.24) is 20.3 Å². The van der Waals surface area contributed by atoms with Crippen LogP contribution in [0.1, 0.15) is 38.9 Å². The van der Waals surface area contributed by atoms with Gasteiger partial charge in [-0.15, -0.1) is 0 Å². The molecule has 0 radical (unpaired) electrons. The smallest absolute Gasteiger partial charge is 0.272 e. The highest BCUT2D eigenvalue weighted by Gasteiger charge is 2.17. The summed E-state index contributed by atoms with van der Waals surface area (Å²) in [6.07, 6.45) is 2.87. The number of carbonyl (C=O) groups is 3. The second-order valence-electron chi connectivity index (χ2n) is 7.79. The molecule has 1 aliphatic rings. The van der Waals surface area contributed by atoms with Crippen molar-refractivity contribution in [2.45, 2.75) is 13.5 Å². The first-order valence-electron chi connectivity index (χ1n) is 10.8. The average molecular weight is 483 g/mol. The van der Waals surface area contributed by atoms with Gasteiger partial charge in [-0.25, -0.2) is 9.97 Å². The molecule has 2 aromatic carbocycles. The number of nitriles is 1. The van der Waals surface area contributed by atoms with Gasteiger partial charge in [-0.3, -0.25) is 14.4 Å². The predicted molar refractivity (Wildman–Crippen MR) is 131 cm³/mol. The van der Waals surface area contributed by atoms with E-state index in [2.05, 4.69) is 25.6 Å². The molecule has 0 atom stereocenters. The van der Waals surface area contributed by atoms with Gasteiger partial charge in [0.2, 0.25) is 0 Å². The van der Waals surface area contributed by atoms with E-state index in [4.69, 9.17) is 15.7 Å². The molecule has 0 bridgehead atoms. The van der Waals surface area contributed by atoms with Crippen LogP contribution in [0.4, 0.5) is 11.4 Å². The summed E-state index contributed by atoms with van der Waals surface area (Å²) in [7, 11) is 0. The number of aromatic nitrogens is 3. The number of rotatable bonds is 4. The normalized spacial score (nSPS) is 11.7. The highest BCUT2D eigenvalue weighted by molar-refractivity contribution is 6.05. The molecule has 180 valence electrons. The number of hydrogen-bond donors (Lipinski definition) is 4. The number of ketones is 1. The summed E-state index contributed by atoms with van der Waals surface area (Å²) >= 11 is 0. The monoisotopic (exact) mass is 483 g/mol. The third-order valence-electron chi connectivity index (χ3n) is 5.26. The molecule has 0 unspecified atom stereocenters. The van der Waals surface area contributed by atoms with Crippen molar-refractivity contribution in [1.29, 1.82) is 5.26 Å². The van der Waals surface area contributed by atoms with E-state index in [1.165, 1.54) is 13.3 Å². The van der Waals surface area contributed by atoms with E-state index in [1.807, 2.05) is 12.1 Å². The zero-order chi connectivity index (χ0) is 25.7. The molecule has 0 fully saturated rings. The van der Waals surface area contributed by atoms with Gasteiger partial charge in [0.1, 0.15) is 17.6 Å². The number of nitrogens with zero attached hydrogens (tertiary/aromatic N) is 3. The van der Waals surface area contributed by atoms with E-state index in [-0.39, 0.29) is 36.4 Å². The lowest BCUT2D eigenvalue weighted by molar-refractivity contribution is -0.118. The van der Waals surface area contributed by atoms with Crippen molar-refractivity contribution < 1.29 is 19.1 Å². The van der Waals surface area contributed by atoms with Crippen LogP contribution in [0.5, 0.6) is 5.75 Å². The summed E-state index contributed by atoms with van der Waals surface area (Å²) in [6, 6.07) is 13.9. The van der Waals surface area contributed by atoms with Gasteiger partial charge in [0.25, 0.3) is 11.8 Å². The number of nitrogen functional groups attached to an aromatic ring is 1. The van der Waals surface area contributed by atoms with Crippen LogP contribution in [0.2, 0.25) is 0 Å². The van der Waals surface area contributed by atoms with Gasteiger partial charge in [-0.05, 0) is 36.8 Å². The zero-order valence-corrected chi connectivity index (χ0v) is 19.2. The molecule has 1 aliphatic heterocycles. The number of nitrogens with two attached hydrogens (primary N) is 1. The maximum Gasteiger partial charge on any atom is 0.272 e. The lowest BCUT2D eigenvalue weighted by Gasteiger charge is -2.18. The number of carbonyl (C=O) groups excluding carboxylic acids is 3. The second kappa shape index (κ2) is 10.4. The van der Waals surface area contributed by atoms with Crippen molar-refractivity contribution >= 4 is 40.0 Å². The molecular weight excluding hydrogens is 462 g/mol. The van der Waals surface area contributed by atoms with Gasteiger partial charge in [0.05, 0.1) is 28.5 Å². The molecule has 2 amide bonds. The van der Waals surface area contributed by atoms with E-state index in [1.54, 1.807) is 42.6 Å². The number of H-pyrrole nitrogens is 1. The van der Waals surface area contributed by atoms with E-state index in [0.29, 0.717) is 39.3 Å². The first-order valence-corrected chi connectivity index (χ1v) is 10.8. The van der Waals surface area contributed by atoms with Crippen molar-refractivity contribution in [3.05, 3.63) is 77.4 Å². The third-order valence-corrected chi connectivity index (χ3v) is 5.26. The SMILES string of the molecule is CC(=O)c1ccc(C#N)cc1.Nc1c[nH]c2c(C(=O)NCc3ccc4c(c3)NC(=O)CO4)ncnc12. The number of aromatic amines is 1. The molecule has 4 aromatic rings. The summed E-state index contributed by atoms with van der Waals surface area (Å²) in [6.45, 7) is 1.77. The summed E-state index contributed by atoms with van der Waals surface area (Å²) in [5.74, 6) is 0.0668. The number of fused-ring (bicyclic) bond motifs is 2. The van der Waals surface area contributed by atoms with E-state index >= 15 is 0 Å². The maximum atomic E-state index is 12.4. The molecule has 11 heteroatoms. The minimum absolute atomic E-state index is 0.00602. The van der Waals surface area contributed by atoms with Gasteiger partial charge in [0, 0.05) is 18.3 Å². The van der Waals surface area contributed by atoms with Crippen LogP contribution in [0.3, 0.4) is 0 Å². The second-order valence-corrected chi connectivity index (χ2v) is 7.79. The Balaban J connectivity index is 0.000000233. The van der Waals surface area contributed by atoms with Crippen LogP contribution in [0.15, 0.2) is 55.0 Å². The quantitative estimate of drug-likeness (QED) is 0.320. The Kier molecular flexibility index (Phi) is 6.87. The Morgan fingerprint density at radius 2 is 1.97 bits per heavy atom. The van der Waals surface area contributed by atoms with Crippen molar-refractivity contribution in [3.8, 4) is 11.8 Å². The number of ether oxygens (including phenoxy) is 1. The Labute approximate surface area is 205 Å². The van der Waals surface area contributed by atoms with Gasteiger partial charge < -0.3 is 26.1 Å². The summed E-state index contributed by atoms with van der Waals surface area (Å²) in [5.41, 5.74) is 10.1. The molecule has 3 heterocycles. The summed E-state index contributed by atoms with van der Waals surface area (Å²) in [5, 5.41) is 14.0. The number of Topliss-reactive ketones (excluding diaryl/α,β-unsaturated/α-hetero) is 1. The predicted octanol–water partition coefficient (Wildman–Crippen LogP) is 2.56. The molecule has 0 saturated carbocycles. The molecule has 36 heavy (non-hydrogen) atoms. The lowest BCUT2D eigenvalue weighted by atomic mass is 10.1. The molecule has 2 aromatic heterocycles. The standard InChI is InChI=1S/C16H14N6O3.C9H7NO/c17-9-5-18-14-13(9)20-7-21-15(14)16(24)19-4-8-1-2-11-10(3-8)22-12(23)6-25-11;1-7(11)9-4-2-8(6-10)3-5-9/h1-3,5,7,18H,4,6,17H2,(H,19,24)(H,22,23);2-5H,1H3. The first-order chi connectivity index (χ1) is 17.4. The lowest BCUT2D eigenvalue weighted by Crippen LogP contribution is -2.26. The third kappa shape index (κ3) is 5.28. The van der Waals surface area contributed by atoms with Gasteiger partial charge in [0.15, 0.2) is 18.1 Å². The fraction of sp³-hybridized carbons (Fsp3) is 0.120. The number of amides is 2. The largest absolute Gasteiger partial charge is 0.482 e. The zero-order valence-electron chi connectivity index (χ0n) is 19.2. The molecular formula is C25H21N7O4. The summed E-state index contributed by atoms with van der Waals surface area (Å²) < 4.78 is 5.30. The molecule has 0 saturated heterocycles. The van der Waals surface area contributed by atoms with Crippen LogP contribution in [0.25, 0.3) is 11.0 Å². The minimum Gasteiger partial charge on any atom is -0.482 e. The minimum atomic E-state index is -0.354. The number of anilines is 2. The van der Waals surface area contributed by atoms with Gasteiger partial charge in [-0.2, -0.15) is 5.26 Å². The van der Waals surface area contributed by atoms with Crippen LogP contribution >= 0.6 is 0 Å². The van der Waals surface area contributed by atoms with Gasteiger partial charge >= 0.3 is 0 Å². The fourth-order valence-electron chi connectivity index (χ4n) is 3.42. The van der Waals surface area contributed by atoms with Crippen molar-refractivity contribution in [2.24, 2.45) is 0 Å². The Hall–Kier alpha value is -5.24. The number of hydrogen-bond acceptors (Lipinski definition) is 8. The molecule has 5 N–H and O–H groups in total. The summed E-state index contributed by atoms with van der Waals surface area (Å²) in [4.78, 5) is 45.6. The highest BCUT2D eigenvalue weighted by atomic mass is 16.5. The van der Waals surface area contributed by atoms with Crippen molar-refractivity contribution in [3.63, 3.8) is 0 Å². The molecule has 0 spiro atoms. The number of nitrogens with one attached hydrogen (secondary N) is 3. The Morgan fingerprint density at radius 1 is 1.19 bits per heavy atom. The molecule has 11 nitrogen and oxygen atoms in total. The van der Waals surface area contributed by atoms with E-state index in [0.717, 1.165) is 5.56 Å². The van der Waals surface area contributed by atoms with E-state index in [9.17, 15) is 14.4 Å². The molecule has 5 rings (SSSR count). The topological polar surface area (TPSA) is 176 Å². The highest BCUT2D eigenvalue weighted by Crippen LogP contribution is 2.28. The first kappa shape index (κ1) is 23.9. The van der Waals surface area contributed by atoms with Crippen molar-refractivity contribution in [2.75, 3.05) is 17.7 Å². The van der Waals surface area contributed by atoms with Crippen LogP contribution < -0.4 is 21.1 Å². The number of benzene rings is 2. The molecule has 0 aliphatic carbocycles. The van der Waals surface area contributed by atoms with Crippen LogP contribution in [-0.4, -0.2) is 39.2 Å². The van der Waals surface area contributed by atoms with Crippen LogP contribution in [0, 0.1) is 11.3 Å². The Morgan fingerprint density at radius 3 is 2.69 bits per heavy atom. The van der Waals surface area contributed by atoms with Gasteiger partial charge in [-0.1, -0.05) is 18.2 Å². The van der Waals surface area contributed by atoms with Crippen LogP contribution in [-0.2, 0) is 11.3 Å².